The Hall–Kier alpha value is -3.14. The molecule has 0 spiro atoms. The molecular formula is C21H22BrN3O6. The number of hydrogen-bond donors (Lipinski definition) is 2. The molecule has 1 aromatic carbocycles. The van der Waals surface area contributed by atoms with Crippen molar-refractivity contribution in [2.24, 2.45) is 5.92 Å². The molecule has 9 nitrogen and oxygen atoms in total. The number of para-hydroxylation sites is 1. The summed E-state index contributed by atoms with van der Waals surface area (Å²) in [6.07, 6.45) is 2.33. The van der Waals surface area contributed by atoms with E-state index in [9.17, 15) is 19.2 Å². The Labute approximate surface area is 187 Å². The topological polar surface area (TPSA) is 118 Å². The van der Waals surface area contributed by atoms with Crippen molar-refractivity contribution in [1.82, 2.24) is 10.2 Å². The highest BCUT2D eigenvalue weighted by Crippen LogP contribution is 2.21. The molecule has 2 aromatic rings. The summed E-state index contributed by atoms with van der Waals surface area (Å²) in [4.78, 5) is 49.9. The molecular weight excluding hydrogens is 470 g/mol. The average Bonchev–Trinajstić information content (AvgIpc) is 3.32. The Morgan fingerprint density at radius 2 is 1.81 bits per heavy atom. The molecule has 1 aliphatic rings. The maximum atomic E-state index is 12.2. The van der Waals surface area contributed by atoms with Crippen LogP contribution in [0.15, 0.2) is 51.6 Å². The third kappa shape index (κ3) is 6.42. The SMILES string of the molecule is O=C(COC(=O)C1CCN(C(=O)c2ccco2)CC1)NCC(=O)Nc1ccccc1Br. The molecule has 0 bridgehead atoms. The van der Waals surface area contributed by atoms with Crippen molar-refractivity contribution in [2.45, 2.75) is 12.8 Å². The van der Waals surface area contributed by atoms with Gasteiger partial charge in [0.2, 0.25) is 5.91 Å². The zero-order valence-electron chi connectivity index (χ0n) is 16.6. The number of anilines is 1. The predicted molar refractivity (Wildman–Crippen MR) is 114 cm³/mol. The first kappa shape index (κ1) is 22.5. The number of furan rings is 1. The van der Waals surface area contributed by atoms with Gasteiger partial charge in [0.05, 0.1) is 24.4 Å². The molecule has 1 saturated heterocycles. The van der Waals surface area contributed by atoms with E-state index in [0.717, 1.165) is 4.47 Å². The maximum absolute atomic E-state index is 12.2. The molecule has 1 fully saturated rings. The highest BCUT2D eigenvalue weighted by Gasteiger charge is 2.30. The van der Waals surface area contributed by atoms with Gasteiger partial charge in [0.25, 0.3) is 11.8 Å². The van der Waals surface area contributed by atoms with Crippen LogP contribution in [0.4, 0.5) is 5.69 Å². The number of piperidine rings is 1. The van der Waals surface area contributed by atoms with Gasteiger partial charge in [0, 0.05) is 17.6 Å². The summed E-state index contributed by atoms with van der Waals surface area (Å²) >= 11 is 3.32. The monoisotopic (exact) mass is 491 g/mol. The Bertz CT molecular complexity index is 938. The van der Waals surface area contributed by atoms with E-state index < -0.39 is 24.4 Å². The standard InChI is InChI=1S/C21H22BrN3O6/c22-15-4-1-2-5-16(15)24-18(26)12-23-19(27)13-31-21(29)14-7-9-25(10-8-14)20(28)17-6-3-11-30-17/h1-6,11,14H,7-10,12-13H2,(H,23,27)(H,24,26). The first-order valence-corrected chi connectivity index (χ1v) is 10.5. The molecule has 164 valence electrons. The number of carbonyl (C=O) groups is 4. The Kier molecular flexibility index (Phi) is 7.82. The van der Waals surface area contributed by atoms with Crippen LogP contribution in [0.3, 0.4) is 0 Å². The molecule has 3 amide bonds. The predicted octanol–water partition coefficient (Wildman–Crippen LogP) is 2.19. The molecule has 3 rings (SSSR count). The molecule has 0 saturated carbocycles. The van der Waals surface area contributed by atoms with Gasteiger partial charge in [0.15, 0.2) is 12.4 Å². The van der Waals surface area contributed by atoms with Crippen molar-refractivity contribution in [2.75, 3.05) is 31.6 Å². The second-order valence-corrected chi connectivity index (χ2v) is 7.81. The number of halogens is 1. The van der Waals surface area contributed by atoms with Crippen LogP contribution < -0.4 is 10.6 Å². The van der Waals surface area contributed by atoms with E-state index in [2.05, 4.69) is 26.6 Å². The van der Waals surface area contributed by atoms with Crippen LogP contribution in [0.25, 0.3) is 0 Å². The van der Waals surface area contributed by atoms with E-state index in [-0.39, 0.29) is 24.1 Å². The fraction of sp³-hybridized carbons (Fsp3) is 0.333. The summed E-state index contributed by atoms with van der Waals surface area (Å²) in [5, 5.41) is 5.07. The third-order valence-electron chi connectivity index (χ3n) is 4.79. The molecule has 31 heavy (non-hydrogen) atoms. The normalized spacial score (nSPS) is 14.0. The molecule has 0 unspecified atom stereocenters. The number of rotatable bonds is 7. The molecule has 10 heteroatoms. The number of benzene rings is 1. The Morgan fingerprint density at radius 3 is 2.48 bits per heavy atom. The molecule has 1 aromatic heterocycles. The largest absolute Gasteiger partial charge is 0.459 e. The van der Waals surface area contributed by atoms with Crippen molar-refractivity contribution in [3.8, 4) is 0 Å². The molecule has 2 N–H and O–H groups in total. The zero-order chi connectivity index (χ0) is 22.2. The second-order valence-electron chi connectivity index (χ2n) is 6.96. The molecule has 0 radical (unpaired) electrons. The van der Waals surface area contributed by atoms with E-state index in [0.29, 0.717) is 31.6 Å². The Morgan fingerprint density at radius 1 is 1.06 bits per heavy atom. The number of hydrogen-bond acceptors (Lipinski definition) is 6. The Balaban J connectivity index is 1.34. The van der Waals surface area contributed by atoms with Gasteiger partial charge in [-0.05, 0) is 53.0 Å². The van der Waals surface area contributed by atoms with E-state index in [1.54, 1.807) is 35.2 Å². The van der Waals surface area contributed by atoms with Crippen LogP contribution in [0.5, 0.6) is 0 Å². The van der Waals surface area contributed by atoms with Crippen molar-refractivity contribution in [3.05, 3.63) is 52.9 Å². The van der Waals surface area contributed by atoms with Crippen LogP contribution in [0.2, 0.25) is 0 Å². The fourth-order valence-corrected chi connectivity index (χ4v) is 3.50. The lowest BCUT2D eigenvalue weighted by atomic mass is 9.97. The lowest BCUT2D eigenvalue weighted by Gasteiger charge is -2.30. The zero-order valence-corrected chi connectivity index (χ0v) is 18.2. The number of nitrogens with one attached hydrogen (secondary N) is 2. The minimum atomic E-state index is -0.568. The van der Waals surface area contributed by atoms with Gasteiger partial charge in [0.1, 0.15) is 0 Å². The maximum Gasteiger partial charge on any atom is 0.309 e. The second kappa shape index (κ2) is 10.8. The summed E-state index contributed by atoms with van der Waals surface area (Å²) < 4.78 is 10.9. The third-order valence-corrected chi connectivity index (χ3v) is 5.48. The van der Waals surface area contributed by atoms with E-state index in [1.165, 1.54) is 6.26 Å². The van der Waals surface area contributed by atoms with Crippen molar-refractivity contribution in [1.29, 1.82) is 0 Å². The number of carbonyl (C=O) groups excluding carboxylic acids is 4. The van der Waals surface area contributed by atoms with Gasteiger partial charge >= 0.3 is 5.97 Å². The summed E-state index contributed by atoms with van der Waals surface area (Å²) in [6, 6.07) is 10.3. The summed E-state index contributed by atoms with van der Waals surface area (Å²) in [7, 11) is 0. The van der Waals surface area contributed by atoms with Gasteiger partial charge in [-0.3, -0.25) is 19.2 Å². The van der Waals surface area contributed by atoms with Crippen LogP contribution >= 0.6 is 15.9 Å². The molecule has 1 aliphatic heterocycles. The lowest BCUT2D eigenvalue weighted by Crippen LogP contribution is -2.41. The quantitative estimate of drug-likeness (QED) is 0.573. The summed E-state index contributed by atoms with van der Waals surface area (Å²) in [5.41, 5.74) is 0.588. The van der Waals surface area contributed by atoms with Crippen molar-refractivity contribution < 1.29 is 28.3 Å². The fourth-order valence-electron chi connectivity index (χ4n) is 3.12. The minimum absolute atomic E-state index is 0.211. The van der Waals surface area contributed by atoms with Crippen LogP contribution in [-0.2, 0) is 19.1 Å². The van der Waals surface area contributed by atoms with Gasteiger partial charge < -0.3 is 24.7 Å². The first-order chi connectivity index (χ1) is 14.9. The van der Waals surface area contributed by atoms with E-state index in [4.69, 9.17) is 9.15 Å². The number of esters is 1. The van der Waals surface area contributed by atoms with Crippen LogP contribution in [0.1, 0.15) is 23.4 Å². The highest BCUT2D eigenvalue weighted by atomic mass is 79.9. The van der Waals surface area contributed by atoms with E-state index >= 15 is 0 Å². The minimum Gasteiger partial charge on any atom is -0.459 e. The number of nitrogens with zero attached hydrogens (tertiary/aromatic N) is 1. The van der Waals surface area contributed by atoms with E-state index in [1.807, 2.05) is 6.07 Å². The molecule has 0 aliphatic carbocycles. The lowest BCUT2D eigenvalue weighted by molar-refractivity contribution is -0.153. The van der Waals surface area contributed by atoms with Gasteiger partial charge in [-0.25, -0.2) is 0 Å². The highest BCUT2D eigenvalue weighted by molar-refractivity contribution is 9.10. The average molecular weight is 492 g/mol. The first-order valence-electron chi connectivity index (χ1n) is 9.74. The number of amides is 3. The van der Waals surface area contributed by atoms with Crippen molar-refractivity contribution in [3.63, 3.8) is 0 Å². The summed E-state index contributed by atoms with van der Waals surface area (Å²) in [6.45, 7) is 0.0963. The van der Waals surface area contributed by atoms with Crippen LogP contribution in [-0.4, -0.2) is 54.8 Å². The van der Waals surface area contributed by atoms with Gasteiger partial charge in [-0.2, -0.15) is 0 Å². The number of ether oxygens (including phenoxy) is 1. The number of likely N-dealkylation sites (tertiary alicyclic amines) is 1. The summed E-state index contributed by atoms with van der Waals surface area (Å²) in [5.74, 6) is -1.79. The van der Waals surface area contributed by atoms with Gasteiger partial charge in [-0.1, -0.05) is 12.1 Å². The molecule has 0 atom stereocenters. The smallest absolute Gasteiger partial charge is 0.309 e. The van der Waals surface area contributed by atoms with Crippen LogP contribution in [0, 0.1) is 5.92 Å². The van der Waals surface area contributed by atoms with Gasteiger partial charge in [-0.15, -0.1) is 0 Å². The van der Waals surface area contributed by atoms with Crippen molar-refractivity contribution >= 4 is 45.3 Å². The molecule has 2 heterocycles.